The third-order valence-corrected chi connectivity index (χ3v) is 3.63. The van der Waals surface area contributed by atoms with E-state index in [-0.39, 0.29) is 0 Å². The van der Waals surface area contributed by atoms with Gasteiger partial charge in [0.2, 0.25) is 0 Å². The summed E-state index contributed by atoms with van der Waals surface area (Å²) in [5.74, 6) is 0. The predicted octanol–water partition coefficient (Wildman–Crippen LogP) is 3.27. The van der Waals surface area contributed by atoms with E-state index in [0.717, 1.165) is 19.1 Å². The van der Waals surface area contributed by atoms with Crippen LogP contribution < -0.4 is 10.6 Å². The zero-order valence-corrected chi connectivity index (χ0v) is 11.0. The van der Waals surface area contributed by atoms with E-state index in [2.05, 4.69) is 48.7 Å². The normalized spacial score (nSPS) is 22.6. The minimum Gasteiger partial charge on any atom is -0.384 e. The van der Waals surface area contributed by atoms with Crippen LogP contribution in [0.25, 0.3) is 0 Å². The molecular formula is C15H24N2. The summed E-state index contributed by atoms with van der Waals surface area (Å²) < 4.78 is 0. The van der Waals surface area contributed by atoms with E-state index in [1.807, 2.05) is 6.07 Å². The summed E-state index contributed by atoms with van der Waals surface area (Å²) in [5.41, 5.74) is 1.76. The first-order valence-corrected chi connectivity index (χ1v) is 6.68. The molecule has 2 N–H and O–H groups in total. The Hall–Kier alpha value is -1.02. The Morgan fingerprint density at radius 2 is 1.94 bits per heavy atom. The van der Waals surface area contributed by atoms with Gasteiger partial charge in [0, 0.05) is 24.8 Å². The number of hydrogen-bond acceptors (Lipinski definition) is 2. The van der Waals surface area contributed by atoms with Crippen LogP contribution in [-0.4, -0.2) is 19.1 Å². The third-order valence-electron chi connectivity index (χ3n) is 3.63. The molecule has 1 aromatic carbocycles. The van der Waals surface area contributed by atoms with Crippen LogP contribution in [0, 0.1) is 5.41 Å². The lowest BCUT2D eigenvalue weighted by Gasteiger charge is -2.18. The Morgan fingerprint density at radius 1 is 1.18 bits per heavy atom. The average Bonchev–Trinajstić information content (AvgIpc) is 2.66. The summed E-state index contributed by atoms with van der Waals surface area (Å²) in [5, 5.41) is 7.07. The summed E-state index contributed by atoms with van der Waals surface area (Å²) in [6, 6.07) is 11.1. The molecule has 0 radical (unpaired) electrons. The molecule has 0 bridgehead atoms. The maximum atomic E-state index is 3.64. The van der Waals surface area contributed by atoms with Crippen LogP contribution in [-0.2, 0) is 0 Å². The van der Waals surface area contributed by atoms with Crippen molar-refractivity contribution in [2.24, 2.45) is 5.41 Å². The highest BCUT2D eigenvalue weighted by molar-refractivity contribution is 5.42. The molecule has 0 heterocycles. The van der Waals surface area contributed by atoms with E-state index in [1.54, 1.807) is 0 Å². The Labute approximate surface area is 105 Å². The van der Waals surface area contributed by atoms with Gasteiger partial charge in [0.1, 0.15) is 0 Å². The first-order valence-electron chi connectivity index (χ1n) is 6.68. The van der Waals surface area contributed by atoms with Gasteiger partial charge >= 0.3 is 0 Å². The van der Waals surface area contributed by atoms with Crippen LogP contribution in [0.3, 0.4) is 0 Å². The van der Waals surface area contributed by atoms with Crippen LogP contribution in [0.4, 0.5) is 5.69 Å². The van der Waals surface area contributed by atoms with E-state index in [9.17, 15) is 0 Å². The summed E-state index contributed by atoms with van der Waals surface area (Å²) in [6.07, 6.45) is 4.01. The van der Waals surface area contributed by atoms with Gasteiger partial charge < -0.3 is 10.6 Å². The van der Waals surface area contributed by atoms with Gasteiger partial charge in [0.25, 0.3) is 0 Å². The molecule has 2 rings (SSSR count). The molecule has 1 aliphatic carbocycles. The van der Waals surface area contributed by atoms with Gasteiger partial charge in [0.15, 0.2) is 0 Å². The molecule has 0 aliphatic heterocycles. The van der Waals surface area contributed by atoms with Crippen molar-refractivity contribution in [3.63, 3.8) is 0 Å². The van der Waals surface area contributed by atoms with Gasteiger partial charge in [-0.3, -0.25) is 0 Å². The molecule has 0 amide bonds. The molecular weight excluding hydrogens is 208 g/mol. The van der Waals surface area contributed by atoms with Gasteiger partial charge in [-0.2, -0.15) is 0 Å². The molecule has 0 aromatic heterocycles. The highest BCUT2D eigenvalue weighted by Crippen LogP contribution is 2.36. The predicted molar refractivity (Wildman–Crippen MR) is 74.4 cm³/mol. The molecule has 2 nitrogen and oxygen atoms in total. The van der Waals surface area contributed by atoms with Crippen molar-refractivity contribution < 1.29 is 0 Å². The molecule has 1 aliphatic rings. The molecule has 1 unspecified atom stereocenters. The summed E-state index contributed by atoms with van der Waals surface area (Å²) in [6.45, 7) is 6.80. The number of nitrogens with one attached hydrogen (secondary N) is 2. The van der Waals surface area contributed by atoms with Crippen LogP contribution in [0.2, 0.25) is 0 Å². The number of anilines is 1. The lowest BCUT2D eigenvalue weighted by Crippen LogP contribution is -2.31. The van der Waals surface area contributed by atoms with Gasteiger partial charge in [-0.25, -0.2) is 0 Å². The van der Waals surface area contributed by atoms with E-state index >= 15 is 0 Å². The highest BCUT2D eigenvalue weighted by Gasteiger charge is 2.30. The van der Waals surface area contributed by atoms with Gasteiger partial charge in [-0.15, -0.1) is 0 Å². The maximum Gasteiger partial charge on any atom is 0.0340 e. The van der Waals surface area contributed by atoms with Crippen molar-refractivity contribution in [2.45, 2.75) is 39.2 Å². The maximum absolute atomic E-state index is 3.64. The monoisotopic (exact) mass is 232 g/mol. The fraction of sp³-hybridized carbons (Fsp3) is 0.600. The molecule has 2 heteroatoms. The van der Waals surface area contributed by atoms with Crippen LogP contribution >= 0.6 is 0 Å². The van der Waals surface area contributed by atoms with Crippen molar-refractivity contribution in [2.75, 3.05) is 18.4 Å². The standard InChI is InChI=1S/C15H24N2/c1-15(2)9-8-14(12-15)17-11-10-16-13-6-4-3-5-7-13/h3-7,14,16-17H,8-12H2,1-2H3. The van der Waals surface area contributed by atoms with Crippen molar-refractivity contribution in [3.05, 3.63) is 30.3 Å². The zero-order chi connectivity index (χ0) is 12.1. The largest absolute Gasteiger partial charge is 0.384 e. The highest BCUT2D eigenvalue weighted by atomic mass is 15.0. The molecule has 0 spiro atoms. The molecule has 94 valence electrons. The Balaban J connectivity index is 1.61. The van der Waals surface area contributed by atoms with Crippen LogP contribution in [0.5, 0.6) is 0 Å². The first kappa shape index (κ1) is 12.4. The lowest BCUT2D eigenvalue weighted by molar-refractivity contribution is 0.365. The van der Waals surface area contributed by atoms with E-state index < -0.39 is 0 Å². The quantitative estimate of drug-likeness (QED) is 0.761. The molecule has 1 saturated carbocycles. The first-order chi connectivity index (χ1) is 8.16. The molecule has 1 aromatic rings. The van der Waals surface area contributed by atoms with Crippen molar-refractivity contribution in [1.82, 2.24) is 5.32 Å². The van der Waals surface area contributed by atoms with Crippen LogP contribution in [0.1, 0.15) is 33.1 Å². The van der Waals surface area contributed by atoms with Crippen molar-refractivity contribution >= 4 is 5.69 Å². The SMILES string of the molecule is CC1(C)CCC(NCCNc2ccccc2)C1. The van der Waals surface area contributed by atoms with Crippen molar-refractivity contribution in [3.8, 4) is 0 Å². The van der Waals surface area contributed by atoms with Gasteiger partial charge in [-0.1, -0.05) is 32.0 Å². The zero-order valence-electron chi connectivity index (χ0n) is 11.0. The smallest absolute Gasteiger partial charge is 0.0340 e. The van der Waals surface area contributed by atoms with Gasteiger partial charge in [0.05, 0.1) is 0 Å². The Bertz CT molecular complexity index is 332. The second-order valence-corrected chi connectivity index (χ2v) is 5.85. The van der Waals surface area contributed by atoms with Gasteiger partial charge in [-0.05, 0) is 36.8 Å². The Morgan fingerprint density at radius 3 is 2.59 bits per heavy atom. The van der Waals surface area contributed by atoms with E-state index in [1.165, 1.54) is 24.9 Å². The second-order valence-electron chi connectivity index (χ2n) is 5.85. The summed E-state index contributed by atoms with van der Waals surface area (Å²) in [4.78, 5) is 0. The fourth-order valence-electron chi connectivity index (χ4n) is 2.65. The Kier molecular flexibility index (Phi) is 4.06. The van der Waals surface area contributed by atoms with E-state index in [0.29, 0.717) is 5.41 Å². The van der Waals surface area contributed by atoms with Crippen LogP contribution in [0.15, 0.2) is 30.3 Å². The number of benzene rings is 1. The lowest BCUT2D eigenvalue weighted by atomic mass is 9.92. The molecule has 1 atom stereocenters. The minimum atomic E-state index is 0.546. The summed E-state index contributed by atoms with van der Waals surface area (Å²) in [7, 11) is 0. The number of hydrogen-bond donors (Lipinski definition) is 2. The van der Waals surface area contributed by atoms with Crippen molar-refractivity contribution in [1.29, 1.82) is 0 Å². The molecule has 0 saturated heterocycles. The summed E-state index contributed by atoms with van der Waals surface area (Å²) >= 11 is 0. The topological polar surface area (TPSA) is 24.1 Å². The average molecular weight is 232 g/mol. The second kappa shape index (κ2) is 5.54. The number of rotatable bonds is 5. The molecule has 1 fully saturated rings. The molecule has 17 heavy (non-hydrogen) atoms. The fourth-order valence-corrected chi connectivity index (χ4v) is 2.65. The third kappa shape index (κ3) is 4.04. The van der Waals surface area contributed by atoms with E-state index in [4.69, 9.17) is 0 Å². The number of para-hydroxylation sites is 1. The minimum absolute atomic E-state index is 0.546.